The van der Waals surface area contributed by atoms with Crippen LogP contribution in [0.5, 0.6) is 0 Å². The molecule has 0 aliphatic heterocycles. The standard InChI is InChI=1S/C17H23BrN2O.ClH/c18-14-6-3-5-13(11-14)16(7-4-8-16)12-20-15(21)17(19)9-1-2-10-17;/h3,5-6,11H,1-2,4,7-10,12,19H2,(H,20,21);1H. The Morgan fingerprint density at radius 3 is 2.41 bits per heavy atom. The molecule has 3 rings (SSSR count). The molecule has 122 valence electrons. The summed E-state index contributed by atoms with van der Waals surface area (Å²) in [5.41, 5.74) is 7.04. The summed E-state index contributed by atoms with van der Waals surface area (Å²) >= 11 is 3.54. The number of amides is 1. The fourth-order valence-corrected chi connectivity index (χ4v) is 4.05. The average molecular weight is 388 g/mol. The summed E-state index contributed by atoms with van der Waals surface area (Å²) in [6.45, 7) is 0.710. The quantitative estimate of drug-likeness (QED) is 0.828. The molecule has 2 fully saturated rings. The Morgan fingerprint density at radius 2 is 1.86 bits per heavy atom. The summed E-state index contributed by atoms with van der Waals surface area (Å²) in [7, 11) is 0. The average Bonchev–Trinajstić information content (AvgIpc) is 2.86. The molecule has 0 aromatic heterocycles. The molecule has 0 saturated heterocycles. The first kappa shape index (κ1) is 17.8. The zero-order valence-corrected chi connectivity index (χ0v) is 15.1. The highest BCUT2D eigenvalue weighted by atomic mass is 79.9. The SMILES string of the molecule is Cl.NC1(C(=O)NCC2(c3cccc(Br)c3)CCC2)CCCC1. The van der Waals surface area contributed by atoms with Gasteiger partial charge in [0.2, 0.25) is 5.91 Å². The third kappa shape index (κ3) is 3.34. The maximum Gasteiger partial charge on any atom is 0.240 e. The number of carbonyl (C=O) groups excluding carboxylic acids is 1. The van der Waals surface area contributed by atoms with Crippen molar-refractivity contribution in [1.29, 1.82) is 0 Å². The molecule has 0 radical (unpaired) electrons. The minimum Gasteiger partial charge on any atom is -0.354 e. The molecule has 0 atom stereocenters. The Balaban J connectivity index is 0.00000176. The van der Waals surface area contributed by atoms with Gasteiger partial charge in [-0.1, -0.05) is 47.3 Å². The van der Waals surface area contributed by atoms with Gasteiger partial charge >= 0.3 is 0 Å². The van der Waals surface area contributed by atoms with Crippen LogP contribution in [0.25, 0.3) is 0 Å². The molecule has 3 N–H and O–H groups in total. The van der Waals surface area contributed by atoms with Gasteiger partial charge in [0, 0.05) is 16.4 Å². The van der Waals surface area contributed by atoms with Crippen LogP contribution in [0.1, 0.15) is 50.5 Å². The van der Waals surface area contributed by atoms with Gasteiger partial charge in [-0.25, -0.2) is 0 Å². The summed E-state index contributed by atoms with van der Waals surface area (Å²) in [5.74, 6) is 0.0428. The molecule has 2 aliphatic carbocycles. The Morgan fingerprint density at radius 1 is 1.18 bits per heavy atom. The fourth-order valence-electron chi connectivity index (χ4n) is 3.65. The van der Waals surface area contributed by atoms with Crippen molar-refractivity contribution < 1.29 is 4.79 Å². The van der Waals surface area contributed by atoms with Gasteiger partial charge in [0.05, 0.1) is 5.54 Å². The van der Waals surface area contributed by atoms with Gasteiger partial charge < -0.3 is 11.1 Å². The van der Waals surface area contributed by atoms with Crippen LogP contribution < -0.4 is 11.1 Å². The second-order valence-electron chi connectivity index (χ2n) is 6.69. The molecule has 1 aromatic rings. The Kier molecular flexibility index (Phi) is 5.57. The number of hydrogen-bond donors (Lipinski definition) is 2. The summed E-state index contributed by atoms with van der Waals surface area (Å²) in [5, 5.41) is 3.15. The fraction of sp³-hybridized carbons (Fsp3) is 0.588. The number of hydrogen-bond acceptors (Lipinski definition) is 2. The number of carbonyl (C=O) groups is 1. The Hall–Kier alpha value is -0.580. The smallest absolute Gasteiger partial charge is 0.240 e. The van der Waals surface area contributed by atoms with E-state index in [0.717, 1.165) is 43.0 Å². The number of nitrogens with one attached hydrogen (secondary N) is 1. The maximum atomic E-state index is 12.4. The van der Waals surface area contributed by atoms with Crippen molar-refractivity contribution in [1.82, 2.24) is 5.32 Å². The van der Waals surface area contributed by atoms with Gasteiger partial charge in [-0.05, 0) is 43.4 Å². The highest BCUT2D eigenvalue weighted by Crippen LogP contribution is 2.44. The molecular weight excluding hydrogens is 364 g/mol. The molecule has 5 heteroatoms. The molecule has 0 bridgehead atoms. The second-order valence-corrected chi connectivity index (χ2v) is 7.61. The summed E-state index contributed by atoms with van der Waals surface area (Å²) < 4.78 is 1.10. The Labute approximate surface area is 147 Å². The van der Waals surface area contributed by atoms with Crippen molar-refractivity contribution >= 4 is 34.2 Å². The van der Waals surface area contributed by atoms with Crippen molar-refractivity contribution in [2.45, 2.75) is 55.9 Å². The number of benzene rings is 1. The van der Waals surface area contributed by atoms with Crippen LogP contribution in [-0.2, 0) is 10.2 Å². The number of rotatable bonds is 4. The first-order valence-electron chi connectivity index (χ1n) is 7.87. The van der Waals surface area contributed by atoms with Crippen molar-refractivity contribution in [2.75, 3.05) is 6.54 Å². The van der Waals surface area contributed by atoms with E-state index in [0.29, 0.717) is 6.54 Å². The van der Waals surface area contributed by atoms with Gasteiger partial charge in [0.25, 0.3) is 0 Å². The third-order valence-corrected chi connectivity index (χ3v) is 5.78. The number of halogens is 2. The monoisotopic (exact) mass is 386 g/mol. The topological polar surface area (TPSA) is 55.1 Å². The molecule has 1 amide bonds. The first-order valence-corrected chi connectivity index (χ1v) is 8.67. The zero-order chi connectivity index (χ0) is 14.9. The molecule has 0 heterocycles. The predicted octanol–water partition coefficient (Wildman–Crippen LogP) is 3.68. The van der Waals surface area contributed by atoms with Crippen molar-refractivity contribution in [2.24, 2.45) is 5.73 Å². The van der Waals surface area contributed by atoms with E-state index in [1.54, 1.807) is 0 Å². The van der Waals surface area contributed by atoms with E-state index in [2.05, 4.69) is 39.4 Å². The Bertz CT molecular complexity index is 539. The van der Waals surface area contributed by atoms with Gasteiger partial charge in [-0.2, -0.15) is 0 Å². The molecule has 22 heavy (non-hydrogen) atoms. The van der Waals surface area contributed by atoms with Crippen LogP contribution in [0.15, 0.2) is 28.7 Å². The van der Waals surface area contributed by atoms with Crippen LogP contribution in [-0.4, -0.2) is 18.0 Å². The van der Waals surface area contributed by atoms with E-state index in [4.69, 9.17) is 5.73 Å². The summed E-state index contributed by atoms with van der Waals surface area (Å²) in [6, 6.07) is 8.47. The number of nitrogens with two attached hydrogens (primary N) is 1. The lowest BCUT2D eigenvalue weighted by Crippen LogP contribution is -2.55. The van der Waals surface area contributed by atoms with Gasteiger partial charge in [0.1, 0.15) is 0 Å². The molecule has 2 aliphatic rings. The summed E-state index contributed by atoms with van der Waals surface area (Å²) in [4.78, 5) is 12.4. The summed E-state index contributed by atoms with van der Waals surface area (Å²) in [6.07, 6.45) is 7.30. The van der Waals surface area contributed by atoms with E-state index < -0.39 is 5.54 Å². The molecule has 1 aromatic carbocycles. The predicted molar refractivity (Wildman–Crippen MR) is 95.3 cm³/mol. The minimum atomic E-state index is -0.623. The van der Waals surface area contributed by atoms with Gasteiger partial charge in [0.15, 0.2) is 0 Å². The highest BCUT2D eigenvalue weighted by molar-refractivity contribution is 9.10. The van der Waals surface area contributed by atoms with Crippen molar-refractivity contribution in [3.8, 4) is 0 Å². The van der Waals surface area contributed by atoms with Crippen LogP contribution in [0, 0.1) is 0 Å². The van der Waals surface area contributed by atoms with E-state index in [1.165, 1.54) is 12.0 Å². The molecule has 2 saturated carbocycles. The lowest BCUT2D eigenvalue weighted by atomic mass is 9.64. The normalized spacial score (nSPS) is 21.5. The van der Waals surface area contributed by atoms with Gasteiger partial charge in [-0.15, -0.1) is 12.4 Å². The van der Waals surface area contributed by atoms with Gasteiger partial charge in [-0.3, -0.25) is 4.79 Å². The lowest BCUT2D eigenvalue weighted by Gasteiger charge is -2.43. The molecule has 3 nitrogen and oxygen atoms in total. The largest absolute Gasteiger partial charge is 0.354 e. The zero-order valence-electron chi connectivity index (χ0n) is 12.7. The van der Waals surface area contributed by atoms with E-state index in [1.807, 2.05) is 6.07 Å². The first-order chi connectivity index (χ1) is 10.0. The van der Waals surface area contributed by atoms with Crippen LogP contribution >= 0.6 is 28.3 Å². The minimum absolute atomic E-state index is 0. The molecule has 0 spiro atoms. The third-order valence-electron chi connectivity index (χ3n) is 5.28. The van der Waals surface area contributed by atoms with Crippen LogP contribution in [0.2, 0.25) is 0 Å². The van der Waals surface area contributed by atoms with E-state index in [-0.39, 0.29) is 23.7 Å². The van der Waals surface area contributed by atoms with Crippen molar-refractivity contribution in [3.05, 3.63) is 34.3 Å². The van der Waals surface area contributed by atoms with E-state index in [9.17, 15) is 4.79 Å². The molecule has 0 unspecified atom stereocenters. The lowest BCUT2D eigenvalue weighted by molar-refractivity contribution is -0.126. The second kappa shape index (κ2) is 6.90. The van der Waals surface area contributed by atoms with Crippen LogP contribution in [0.4, 0.5) is 0 Å². The van der Waals surface area contributed by atoms with E-state index >= 15 is 0 Å². The highest BCUT2D eigenvalue weighted by Gasteiger charge is 2.42. The molecular formula is C17H24BrClN2O. The van der Waals surface area contributed by atoms with Crippen molar-refractivity contribution in [3.63, 3.8) is 0 Å². The van der Waals surface area contributed by atoms with Crippen LogP contribution in [0.3, 0.4) is 0 Å². The maximum absolute atomic E-state index is 12.4.